The molecule has 0 saturated heterocycles. The van der Waals surface area contributed by atoms with Crippen molar-refractivity contribution >= 4 is 11.7 Å². The number of rotatable bonds is 4. The summed E-state index contributed by atoms with van der Waals surface area (Å²) >= 11 is 0. The highest BCUT2D eigenvalue weighted by molar-refractivity contribution is 5.95. The van der Waals surface area contributed by atoms with Gasteiger partial charge in [0.2, 0.25) is 0 Å². The first-order valence-electron chi connectivity index (χ1n) is 4.99. The van der Waals surface area contributed by atoms with E-state index in [9.17, 15) is 14.9 Å². The molecule has 17 heavy (non-hydrogen) atoms. The number of esters is 1. The Morgan fingerprint density at radius 2 is 2.06 bits per heavy atom. The van der Waals surface area contributed by atoms with Crippen molar-refractivity contribution in [3.05, 3.63) is 33.9 Å². The number of nitro groups is 1. The van der Waals surface area contributed by atoms with Gasteiger partial charge in [0.1, 0.15) is 5.56 Å². The first-order chi connectivity index (χ1) is 7.97. The second kappa shape index (κ2) is 5.29. The van der Waals surface area contributed by atoms with Gasteiger partial charge in [-0.1, -0.05) is 6.07 Å². The number of para-hydroxylation sites is 1. The molecule has 0 spiro atoms. The van der Waals surface area contributed by atoms with Crippen LogP contribution in [0.15, 0.2) is 18.2 Å². The van der Waals surface area contributed by atoms with Crippen molar-refractivity contribution < 1.29 is 19.2 Å². The van der Waals surface area contributed by atoms with Crippen molar-refractivity contribution in [2.45, 2.75) is 20.0 Å². The molecule has 6 heteroatoms. The number of nitro benzene ring substituents is 1. The lowest BCUT2D eigenvalue weighted by molar-refractivity contribution is -0.386. The first-order valence-corrected chi connectivity index (χ1v) is 4.99. The Morgan fingerprint density at radius 3 is 2.53 bits per heavy atom. The minimum absolute atomic E-state index is 0.0354. The lowest BCUT2D eigenvalue weighted by atomic mass is 10.1. The van der Waals surface area contributed by atoms with E-state index in [1.807, 2.05) is 0 Å². The van der Waals surface area contributed by atoms with Gasteiger partial charge >= 0.3 is 11.7 Å². The zero-order valence-corrected chi connectivity index (χ0v) is 9.80. The van der Waals surface area contributed by atoms with E-state index in [4.69, 9.17) is 9.47 Å². The number of benzene rings is 1. The van der Waals surface area contributed by atoms with Crippen molar-refractivity contribution in [2.24, 2.45) is 0 Å². The fourth-order valence-electron chi connectivity index (χ4n) is 1.32. The number of methoxy groups -OCH3 is 1. The fourth-order valence-corrected chi connectivity index (χ4v) is 1.32. The molecule has 0 unspecified atom stereocenters. The molecule has 0 amide bonds. The third-order valence-corrected chi connectivity index (χ3v) is 1.96. The lowest BCUT2D eigenvalue weighted by Gasteiger charge is -2.09. The number of hydrogen-bond acceptors (Lipinski definition) is 5. The largest absolute Gasteiger partial charge is 0.490 e. The Bertz CT molecular complexity index is 441. The molecule has 0 aliphatic rings. The fraction of sp³-hybridized carbons (Fsp3) is 0.364. The summed E-state index contributed by atoms with van der Waals surface area (Å²) in [6, 6.07) is 4.26. The van der Waals surface area contributed by atoms with Crippen LogP contribution >= 0.6 is 0 Å². The molecule has 1 aromatic rings. The highest BCUT2D eigenvalue weighted by Gasteiger charge is 2.26. The third-order valence-electron chi connectivity index (χ3n) is 1.96. The molecule has 0 atom stereocenters. The minimum atomic E-state index is -0.731. The smallest absolute Gasteiger partial charge is 0.345 e. The van der Waals surface area contributed by atoms with Crippen molar-refractivity contribution in [1.82, 2.24) is 0 Å². The van der Waals surface area contributed by atoms with Gasteiger partial charge in [-0.3, -0.25) is 10.1 Å². The molecule has 1 rings (SSSR count). The monoisotopic (exact) mass is 239 g/mol. The van der Waals surface area contributed by atoms with E-state index in [-0.39, 0.29) is 23.1 Å². The first kappa shape index (κ1) is 13.0. The van der Waals surface area contributed by atoms with Crippen molar-refractivity contribution in [3.8, 4) is 5.75 Å². The van der Waals surface area contributed by atoms with E-state index >= 15 is 0 Å². The molecule has 92 valence electrons. The van der Waals surface area contributed by atoms with E-state index in [0.29, 0.717) is 0 Å². The van der Waals surface area contributed by atoms with Gasteiger partial charge < -0.3 is 9.47 Å². The molecule has 0 N–H and O–H groups in total. The van der Waals surface area contributed by atoms with Gasteiger partial charge in [0.15, 0.2) is 5.75 Å². The summed E-state index contributed by atoms with van der Waals surface area (Å²) in [7, 11) is 1.31. The highest BCUT2D eigenvalue weighted by Crippen LogP contribution is 2.31. The molecule has 0 saturated carbocycles. The number of carbonyl (C=O) groups excluding carboxylic acids is 1. The lowest BCUT2D eigenvalue weighted by Crippen LogP contribution is -2.13. The Labute approximate surface area is 98.3 Å². The maximum absolute atomic E-state index is 11.7. The molecule has 0 radical (unpaired) electrons. The van der Waals surface area contributed by atoms with E-state index in [1.165, 1.54) is 25.3 Å². The second-order valence-corrected chi connectivity index (χ2v) is 3.57. The maximum atomic E-state index is 11.7. The average Bonchev–Trinajstić information content (AvgIpc) is 2.26. The Hall–Kier alpha value is -2.11. The van der Waals surface area contributed by atoms with Crippen LogP contribution in [0, 0.1) is 10.1 Å². The molecule has 1 aromatic carbocycles. The van der Waals surface area contributed by atoms with Crippen LogP contribution in [-0.2, 0) is 4.74 Å². The predicted molar refractivity (Wildman–Crippen MR) is 60.2 cm³/mol. The number of carbonyl (C=O) groups is 1. The second-order valence-electron chi connectivity index (χ2n) is 3.57. The summed E-state index contributed by atoms with van der Waals surface area (Å²) < 4.78 is 9.78. The summed E-state index contributed by atoms with van der Waals surface area (Å²) in [5, 5.41) is 10.9. The van der Waals surface area contributed by atoms with Gasteiger partial charge in [0.25, 0.3) is 0 Å². The van der Waals surface area contributed by atoms with Gasteiger partial charge in [-0.25, -0.2) is 4.79 Å². The highest BCUT2D eigenvalue weighted by atomic mass is 16.6. The van der Waals surface area contributed by atoms with Crippen molar-refractivity contribution in [1.29, 1.82) is 0 Å². The number of hydrogen-bond donors (Lipinski definition) is 0. The van der Waals surface area contributed by atoms with E-state index < -0.39 is 10.9 Å². The predicted octanol–water partition coefficient (Wildman–Crippen LogP) is 2.17. The molecule has 0 bridgehead atoms. The topological polar surface area (TPSA) is 78.7 Å². The van der Waals surface area contributed by atoms with Gasteiger partial charge in [-0.2, -0.15) is 0 Å². The summed E-state index contributed by atoms with van der Waals surface area (Å²) in [5.41, 5.74) is -0.483. The van der Waals surface area contributed by atoms with Gasteiger partial charge in [-0.15, -0.1) is 0 Å². The standard InChI is InChI=1S/C11H13NO5/c1-7(2)17-11(13)8-5-4-6-9(16-3)10(8)12(14)15/h4-7H,1-3H3. The van der Waals surface area contributed by atoms with Crippen LogP contribution < -0.4 is 4.74 Å². The molecule has 0 aliphatic heterocycles. The van der Waals surface area contributed by atoms with Crippen molar-refractivity contribution in [2.75, 3.05) is 7.11 Å². The zero-order chi connectivity index (χ0) is 13.0. The SMILES string of the molecule is COc1cccc(C(=O)OC(C)C)c1[N+](=O)[O-]. The van der Waals surface area contributed by atoms with Crippen LogP contribution in [0.25, 0.3) is 0 Å². The number of ether oxygens (including phenoxy) is 2. The quantitative estimate of drug-likeness (QED) is 0.457. The summed E-state index contributed by atoms with van der Waals surface area (Å²) in [5.74, 6) is -0.696. The average molecular weight is 239 g/mol. The molecule has 0 aromatic heterocycles. The zero-order valence-electron chi connectivity index (χ0n) is 9.80. The van der Waals surface area contributed by atoms with E-state index in [1.54, 1.807) is 13.8 Å². The van der Waals surface area contributed by atoms with Crippen molar-refractivity contribution in [3.63, 3.8) is 0 Å². The Morgan fingerprint density at radius 1 is 1.41 bits per heavy atom. The van der Waals surface area contributed by atoms with Crippen LogP contribution in [0.5, 0.6) is 5.75 Å². The molecular weight excluding hydrogens is 226 g/mol. The molecular formula is C11H13NO5. The van der Waals surface area contributed by atoms with Crippen LogP contribution in [-0.4, -0.2) is 24.1 Å². The summed E-state index contributed by atoms with van der Waals surface area (Å²) in [4.78, 5) is 21.9. The Kier molecular flexibility index (Phi) is 4.03. The maximum Gasteiger partial charge on any atom is 0.345 e. The molecule has 0 fully saturated rings. The summed E-state index contributed by atoms with van der Waals surface area (Å²) in [6.07, 6.45) is -0.340. The molecule has 6 nitrogen and oxygen atoms in total. The molecule has 0 heterocycles. The Balaban J connectivity index is 3.23. The molecule has 0 aliphatic carbocycles. The van der Waals surface area contributed by atoms with Crippen LogP contribution in [0.4, 0.5) is 5.69 Å². The van der Waals surface area contributed by atoms with Crippen LogP contribution in [0.1, 0.15) is 24.2 Å². The van der Waals surface area contributed by atoms with Gasteiger partial charge in [0.05, 0.1) is 18.1 Å². The summed E-state index contributed by atoms with van der Waals surface area (Å²) in [6.45, 7) is 3.34. The van der Waals surface area contributed by atoms with Crippen LogP contribution in [0.3, 0.4) is 0 Å². The third kappa shape index (κ3) is 2.93. The normalized spacial score (nSPS) is 10.1. The number of nitrogens with zero attached hydrogens (tertiary/aromatic N) is 1. The van der Waals surface area contributed by atoms with Gasteiger partial charge in [0, 0.05) is 0 Å². The van der Waals surface area contributed by atoms with Crippen LogP contribution in [0.2, 0.25) is 0 Å². The van der Waals surface area contributed by atoms with Gasteiger partial charge in [-0.05, 0) is 26.0 Å². The minimum Gasteiger partial charge on any atom is -0.490 e. The van der Waals surface area contributed by atoms with E-state index in [2.05, 4.69) is 0 Å². The van der Waals surface area contributed by atoms with E-state index in [0.717, 1.165) is 0 Å².